The lowest BCUT2D eigenvalue weighted by Gasteiger charge is -2.14. The van der Waals surface area contributed by atoms with Crippen LogP contribution in [-0.4, -0.2) is 17.8 Å². The van der Waals surface area contributed by atoms with Gasteiger partial charge in [-0.1, -0.05) is 55.3 Å². The third-order valence-corrected chi connectivity index (χ3v) is 3.94. The van der Waals surface area contributed by atoms with E-state index in [1.165, 1.54) is 5.56 Å². The van der Waals surface area contributed by atoms with E-state index in [1.807, 2.05) is 24.3 Å². The van der Waals surface area contributed by atoms with Crippen molar-refractivity contribution in [1.29, 1.82) is 0 Å². The van der Waals surface area contributed by atoms with Crippen LogP contribution in [0, 0.1) is 5.92 Å². The maximum absolute atomic E-state index is 12.0. The number of hydrogen-bond donors (Lipinski definition) is 1. The number of hydrogen-bond acceptors (Lipinski definition) is 1. The molecule has 2 nitrogen and oxygen atoms in total. The van der Waals surface area contributed by atoms with E-state index in [4.69, 9.17) is 0 Å². The predicted octanol–water partition coefficient (Wildman–Crippen LogP) is 4.35. The molecule has 0 aliphatic heterocycles. The standard InChI is InChI=1S/C16H24BrNO/c1-4-13(9-10-17)11-18-16(19)15-7-5-14(6-8-15)12(2)3/h5-8,12-13H,4,9-11H2,1-3H3,(H,18,19). The van der Waals surface area contributed by atoms with Gasteiger partial charge in [0, 0.05) is 17.4 Å². The first-order valence-corrected chi connectivity index (χ1v) is 8.14. The molecular formula is C16H24BrNO. The lowest BCUT2D eigenvalue weighted by atomic mass is 10.0. The van der Waals surface area contributed by atoms with Gasteiger partial charge in [0.05, 0.1) is 0 Å². The van der Waals surface area contributed by atoms with Gasteiger partial charge in [-0.3, -0.25) is 4.79 Å². The van der Waals surface area contributed by atoms with Crippen molar-refractivity contribution < 1.29 is 4.79 Å². The molecule has 19 heavy (non-hydrogen) atoms. The summed E-state index contributed by atoms with van der Waals surface area (Å²) in [6.07, 6.45) is 2.20. The Kier molecular flexibility index (Phi) is 7.14. The number of amides is 1. The van der Waals surface area contributed by atoms with E-state index in [0.29, 0.717) is 11.8 Å². The summed E-state index contributed by atoms with van der Waals surface area (Å²) in [7, 11) is 0. The molecule has 1 amide bonds. The Hall–Kier alpha value is -0.830. The van der Waals surface area contributed by atoms with Crippen molar-refractivity contribution in [2.45, 2.75) is 39.5 Å². The van der Waals surface area contributed by atoms with Gasteiger partial charge >= 0.3 is 0 Å². The number of alkyl halides is 1. The van der Waals surface area contributed by atoms with Gasteiger partial charge < -0.3 is 5.32 Å². The average Bonchev–Trinajstić information content (AvgIpc) is 2.43. The van der Waals surface area contributed by atoms with Crippen LogP contribution in [0.1, 0.15) is 55.5 Å². The molecule has 0 saturated heterocycles. The average molecular weight is 326 g/mol. The second kappa shape index (κ2) is 8.36. The van der Waals surface area contributed by atoms with Gasteiger partial charge in [0.25, 0.3) is 5.91 Å². The molecule has 0 aliphatic carbocycles. The zero-order valence-corrected chi connectivity index (χ0v) is 13.7. The smallest absolute Gasteiger partial charge is 0.251 e. The SMILES string of the molecule is CCC(CCBr)CNC(=O)c1ccc(C(C)C)cc1. The Morgan fingerprint density at radius 2 is 1.89 bits per heavy atom. The van der Waals surface area contributed by atoms with Crippen molar-refractivity contribution in [2.24, 2.45) is 5.92 Å². The van der Waals surface area contributed by atoms with E-state index in [0.717, 1.165) is 30.3 Å². The van der Waals surface area contributed by atoms with Gasteiger partial charge in [-0.2, -0.15) is 0 Å². The van der Waals surface area contributed by atoms with Crippen molar-refractivity contribution in [2.75, 3.05) is 11.9 Å². The highest BCUT2D eigenvalue weighted by atomic mass is 79.9. The van der Waals surface area contributed by atoms with Gasteiger partial charge in [0.15, 0.2) is 0 Å². The summed E-state index contributed by atoms with van der Waals surface area (Å²) in [6, 6.07) is 7.90. The number of carbonyl (C=O) groups is 1. The second-order valence-electron chi connectivity index (χ2n) is 5.24. The van der Waals surface area contributed by atoms with Crippen molar-refractivity contribution in [3.8, 4) is 0 Å². The lowest BCUT2D eigenvalue weighted by molar-refractivity contribution is 0.0946. The maximum atomic E-state index is 12.0. The second-order valence-corrected chi connectivity index (χ2v) is 6.03. The molecule has 1 rings (SSSR count). The van der Waals surface area contributed by atoms with Crippen molar-refractivity contribution in [3.63, 3.8) is 0 Å². The molecule has 0 saturated carbocycles. The summed E-state index contributed by atoms with van der Waals surface area (Å²) < 4.78 is 0. The van der Waals surface area contributed by atoms with Gasteiger partial charge in [-0.05, 0) is 36.0 Å². The Balaban J connectivity index is 2.53. The molecule has 0 aliphatic rings. The maximum Gasteiger partial charge on any atom is 0.251 e. The largest absolute Gasteiger partial charge is 0.352 e. The molecule has 1 aromatic carbocycles. The highest BCUT2D eigenvalue weighted by Crippen LogP contribution is 2.15. The fourth-order valence-electron chi connectivity index (χ4n) is 1.96. The highest BCUT2D eigenvalue weighted by Gasteiger charge is 2.10. The van der Waals surface area contributed by atoms with Crippen molar-refractivity contribution in [3.05, 3.63) is 35.4 Å². The van der Waals surface area contributed by atoms with Crippen LogP contribution in [0.4, 0.5) is 0 Å². The van der Waals surface area contributed by atoms with E-state index in [9.17, 15) is 4.79 Å². The van der Waals surface area contributed by atoms with Crippen LogP contribution in [0.15, 0.2) is 24.3 Å². The highest BCUT2D eigenvalue weighted by molar-refractivity contribution is 9.09. The zero-order valence-electron chi connectivity index (χ0n) is 12.1. The molecule has 1 aromatic rings. The minimum absolute atomic E-state index is 0.0309. The van der Waals surface area contributed by atoms with E-state index >= 15 is 0 Å². The van der Waals surface area contributed by atoms with Crippen LogP contribution in [0.25, 0.3) is 0 Å². The molecule has 0 aromatic heterocycles. The lowest BCUT2D eigenvalue weighted by Crippen LogP contribution is -2.29. The monoisotopic (exact) mass is 325 g/mol. The summed E-state index contributed by atoms with van der Waals surface area (Å²) >= 11 is 3.45. The summed E-state index contributed by atoms with van der Waals surface area (Å²) in [5.41, 5.74) is 2.01. The summed E-state index contributed by atoms with van der Waals surface area (Å²) in [5.74, 6) is 1.09. The zero-order chi connectivity index (χ0) is 14.3. The molecule has 1 N–H and O–H groups in total. The number of nitrogens with one attached hydrogen (secondary N) is 1. The molecule has 0 spiro atoms. The fraction of sp³-hybridized carbons (Fsp3) is 0.562. The van der Waals surface area contributed by atoms with Gasteiger partial charge in [-0.25, -0.2) is 0 Å². The third-order valence-electron chi connectivity index (χ3n) is 3.49. The first kappa shape index (κ1) is 16.2. The third kappa shape index (κ3) is 5.35. The van der Waals surface area contributed by atoms with E-state index < -0.39 is 0 Å². The molecule has 1 atom stereocenters. The predicted molar refractivity (Wildman–Crippen MR) is 85.1 cm³/mol. The van der Waals surface area contributed by atoms with E-state index in [2.05, 4.69) is 42.0 Å². The molecule has 3 heteroatoms. The molecule has 0 bridgehead atoms. The summed E-state index contributed by atoms with van der Waals surface area (Å²) in [4.78, 5) is 12.0. The first-order valence-electron chi connectivity index (χ1n) is 7.02. The summed E-state index contributed by atoms with van der Waals surface area (Å²) in [6.45, 7) is 7.23. The number of benzene rings is 1. The molecular weight excluding hydrogens is 302 g/mol. The Labute approximate surface area is 125 Å². The molecule has 0 radical (unpaired) electrons. The molecule has 0 fully saturated rings. The fourth-order valence-corrected chi connectivity index (χ4v) is 2.61. The van der Waals surface area contributed by atoms with Gasteiger partial charge in [0.1, 0.15) is 0 Å². The minimum Gasteiger partial charge on any atom is -0.352 e. The minimum atomic E-state index is 0.0309. The van der Waals surface area contributed by atoms with E-state index in [-0.39, 0.29) is 5.91 Å². The van der Waals surface area contributed by atoms with Crippen molar-refractivity contribution >= 4 is 21.8 Å². The van der Waals surface area contributed by atoms with Crippen LogP contribution >= 0.6 is 15.9 Å². The van der Waals surface area contributed by atoms with Gasteiger partial charge in [0.2, 0.25) is 0 Å². The normalized spacial score (nSPS) is 12.5. The van der Waals surface area contributed by atoms with Crippen LogP contribution in [-0.2, 0) is 0 Å². The molecule has 1 unspecified atom stereocenters. The van der Waals surface area contributed by atoms with Gasteiger partial charge in [-0.15, -0.1) is 0 Å². The van der Waals surface area contributed by atoms with Crippen molar-refractivity contribution in [1.82, 2.24) is 5.32 Å². The Morgan fingerprint density at radius 3 is 2.37 bits per heavy atom. The van der Waals surface area contributed by atoms with Crippen LogP contribution in [0.3, 0.4) is 0 Å². The number of carbonyl (C=O) groups excluding carboxylic acids is 1. The van der Waals surface area contributed by atoms with E-state index in [1.54, 1.807) is 0 Å². The Morgan fingerprint density at radius 1 is 1.26 bits per heavy atom. The number of halogens is 1. The van der Waals surface area contributed by atoms with Crippen LogP contribution in [0.5, 0.6) is 0 Å². The Bertz CT molecular complexity index is 386. The number of rotatable bonds is 7. The summed E-state index contributed by atoms with van der Waals surface area (Å²) in [5, 5.41) is 4.01. The topological polar surface area (TPSA) is 29.1 Å². The molecule has 0 heterocycles. The van der Waals surface area contributed by atoms with Crippen LogP contribution in [0.2, 0.25) is 0 Å². The molecule has 106 valence electrons. The quantitative estimate of drug-likeness (QED) is 0.742. The first-order chi connectivity index (χ1) is 9.08. The van der Waals surface area contributed by atoms with Crippen LogP contribution < -0.4 is 5.32 Å².